The smallest absolute Gasteiger partial charge is 0.306 e. The molecule has 0 aromatic carbocycles. The van der Waals surface area contributed by atoms with Crippen molar-refractivity contribution in [2.45, 2.75) is 380 Å². The molecule has 1 unspecified atom stereocenters. The van der Waals surface area contributed by atoms with Gasteiger partial charge in [0.2, 0.25) is 0 Å². The maximum Gasteiger partial charge on any atom is 0.306 e. The Hall–Kier alpha value is -1.59. The fourth-order valence-electron chi connectivity index (χ4n) is 10.0. The molecule has 0 bridgehead atoms. The summed E-state index contributed by atoms with van der Waals surface area (Å²) in [5, 5.41) is 0. The standard InChI is InChI=1S/C64H124O6/c1-4-7-10-13-16-19-21-23-25-27-28-29-30-31-32-33-34-35-37-38-40-42-45-48-51-54-57-63(66)69-60-61(59-68-62(65)56-53-50-47-44-18-15-12-9-6-3)70-64(67)58-55-52-49-46-43-41-39-36-26-24-22-20-17-14-11-8-5-2/h61H,4-60H2,1-3H3. The molecule has 0 heterocycles. The molecule has 0 aliphatic carbocycles. The molecule has 0 spiro atoms. The van der Waals surface area contributed by atoms with E-state index in [0.29, 0.717) is 19.3 Å². The molecule has 416 valence electrons. The molecule has 0 aromatic heterocycles. The molecule has 0 saturated heterocycles. The summed E-state index contributed by atoms with van der Waals surface area (Å²) in [7, 11) is 0. The van der Waals surface area contributed by atoms with Gasteiger partial charge in [-0.3, -0.25) is 14.4 Å². The second-order valence-electron chi connectivity index (χ2n) is 22.1. The molecule has 6 heteroatoms. The van der Waals surface area contributed by atoms with Gasteiger partial charge in [-0.25, -0.2) is 0 Å². The first-order chi connectivity index (χ1) is 34.5. The van der Waals surface area contributed by atoms with Crippen LogP contribution < -0.4 is 0 Å². The minimum Gasteiger partial charge on any atom is -0.462 e. The summed E-state index contributed by atoms with van der Waals surface area (Å²) in [5.41, 5.74) is 0. The van der Waals surface area contributed by atoms with Crippen molar-refractivity contribution in [2.75, 3.05) is 13.2 Å². The maximum atomic E-state index is 12.9. The van der Waals surface area contributed by atoms with Crippen molar-refractivity contribution in [1.82, 2.24) is 0 Å². The molecule has 0 aromatic rings. The van der Waals surface area contributed by atoms with E-state index in [1.165, 1.54) is 276 Å². The van der Waals surface area contributed by atoms with Gasteiger partial charge in [0.1, 0.15) is 13.2 Å². The van der Waals surface area contributed by atoms with Gasteiger partial charge >= 0.3 is 17.9 Å². The Kier molecular flexibility index (Phi) is 58.6. The van der Waals surface area contributed by atoms with Gasteiger partial charge in [0.15, 0.2) is 6.10 Å². The average molecular weight is 990 g/mol. The summed E-state index contributed by atoms with van der Waals surface area (Å²) >= 11 is 0. The van der Waals surface area contributed by atoms with E-state index in [2.05, 4.69) is 20.8 Å². The Bertz CT molecular complexity index is 1040. The van der Waals surface area contributed by atoms with Crippen LogP contribution in [-0.2, 0) is 28.6 Å². The van der Waals surface area contributed by atoms with E-state index >= 15 is 0 Å². The van der Waals surface area contributed by atoms with E-state index in [4.69, 9.17) is 14.2 Å². The molecule has 0 amide bonds. The second-order valence-corrected chi connectivity index (χ2v) is 22.1. The first kappa shape index (κ1) is 68.4. The van der Waals surface area contributed by atoms with Crippen LogP contribution >= 0.6 is 0 Å². The lowest BCUT2D eigenvalue weighted by atomic mass is 10.0. The maximum absolute atomic E-state index is 12.9. The van der Waals surface area contributed by atoms with E-state index in [0.717, 1.165) is 57.8 Å². The van der Waals surface area contributed by atoms with Gasteiger partial charge in [-0.15, -0.1) is 0 Å². The van der Waals surface area contributed by atoms with Crippen LogP contribution in [0.15, 0.2) is 0 Å². The summed E-state index contributed by atoms with van der Waals surface area (Å²) < 4.78 is 16.9. The molecule has 0 N–H and O–H groups in total. The van der Waals surface area contributed by atoms with Crippen molar-refractivity contribution in [1.29, 1.82) is 0 Å². The third-order valence-corrected chi connectivity index (χ3v) is 14.9. The number of esters is 3. The van der Waals surface area contributed by atoms with Crippen molar-refractivity contribution in [3.05, 3.63) is 0 Å². The third-order valence-electron chi connectivity index (χ3n) is 14.9. The summed E-state index contributed by atoms with van der Waals surface area (Å²) in [6.07, 6.45) is 68.4. The van der Waals surface area contributed by atoms with E-state index in [1.807, 2.05) is 0 Å². The molecule has 70 heavy (non-hydrogen) atoms. The highest BCUT2D eigenvalue weighted by Gasteiger charge is 2.19. The van der Waals surface area contributed by atoms with Crippen LogP contribution in [0.3, 0.4) is 0 Å². The average Bonchev–Trinajstić information content (AvgIpc) is 3.36. The molecular weight excluding hydrogens is 865 g/mol. The van der Waals surface area contributed by atoms with Gasteiger partial charge in [0, 0.05) is 19.3 Å². The topological polar surface area (TPSA) is 78.9 Å². The number of hydrogen-bond donors (Lipinski definition) is 0. The highest BCUT2D eigenvalue weighted by molar-refractivity contribution is 5.71. The van der Waals surface area contributed by atoms with Gasteiger partial charge in [0.25, 0.3) is 0 Å². The van der Waals surface area contributed by atoms with Crippen molar-refractivity contribution < 1.29 is 28.6 Å². The van der Waals surface area contributed by atoms with Gasteiger partial charge in [-0.2, -0.15) is 0 Å². The zero-order valence-electron chi connectivity index (χ0n) is 47.8. The number of ether oxygens (including phenoxy) is 3. The quantitative estimate of drug-likeness (QED) is 0.0343. The van der Waals surface area contributed by atoms with Crippen LogP contribution in [0.1, 0.15) is 374 Å². The Morgan fingerprint density at radius 2 is 0.386 bits per heavy atom. The summed E-state index contributed by atoms with van der Waals surface area (Å²) in [6.45, 7) is 6.70. The zero-order chi connectivity index (χ0) is 50.7. The van der Waals surface area contributed by atoms with Crippen LogP contribution in [-0.4, -0.2) is 37.2 Å². The SMILES string of the molecule is CCCCCCCCCCCCCCCCCCCCCCCCCCCCC(=O)OCC(COC(=O)CCCCCCCCCCC)OC(=O)CCCCCCCCCCCCCCCCCCC. The Balaban J connectivity index is 4.09. The number of carbonyl (C=O) groups excluding carboxylic acids is 3. The molecule has 0 aliphatic heterocycles. The van der Waals surface area contributed by atoms with E-state index in [1.54, 1.807) is 0 Å². The molecule has 0 saturated carbocycles. The number of carbonyl (C=O) groups is 3. The van der Waals surface area contributed by atoms with Gasteiger partial charge in [0.05, 0.1) is 0 Å². The van der Waals surface area contributed by atoms with Crippen LogP contribution in [0.4, 0.5) is 0 Å². The summed E-state index contributed by atoms with van der Waals surface area (Å²) in [5.74, 6) is -0.832. The Labute approximate surface area is 438 Å². The summed E-state index contributed by atoms with van der Waals surface area (Å²) in [6, 6.07) is 0. The normalized spacial score (nSPS) is 11.9. The lowest BCUT2D eigenvalue weighted by Crippen LogP contribution is -2.30. The van der Waals surface area contributed by atoms with Crippen molar-refractivity contribution in [2.24, 2.45) is 0 Å². The molecule has 1 atom stereocenters. The molecule has 6 nitrogen and oxygen atoms in total. The van der Waals surface area contributed by atoms with Crippen molar-refractivity contribution >= 4 is 17.9 Å². The zero-order valence-corrected chi connectivity index (χ0v) is 47.8. The number of hydrogen-bond acceptors (Lipinski definition) is 6. The van der Waals surface area contributed by atoms with Gasteiger partial charge in [-0.1, -0.05) is 335 Å². The van der Waals surface area contributed by atoms with Crippen LogP contribution in [0.2, 0.25) is 0 Å². The predicted octanol–water partition coefficient (Wildman–Crippen LogP) is 21.5. The van der Waals surface area contributed by atoms with Crippen LogP contribution in [0.5, 0.6) is 0 Å². The van der Waals surface area contributed by atoms with Crippen molar-refractivity contribution in [3.8, 4) is 0 Å². The summed E-state index contributed by atoms with van der Waals surface area (Å²) in [4.78, 5) is 38.1. The lowest BCUT2D eigenvalue weighted by molar-refractivity contribution is -0.167. The highest BCUT2D eigenvalue weighted by atomic mass is 16.6. The predicted molar refractivity (Wildman–Crippen MR) is 303 cm³/mol. The van der Waals surface area contributed by atoms with Crippen LogP contribution in [0, 0.1) is 0 Å². The highest BCUT2D eigenvalue weighted by Crippen LogP contribution is 2.19. The molecule has 0 aliphatic rings. The minimum atomic E-state index is -0.761. The number of rotatable bonds is 60. The minimum absolute atomic E-state index is 0.0611. The Morgan fingerprint density at radius 1 is 0.229 bits per heavy atom. The van der Waals surface area contributed by atoms with E-state index in [-0.39, 0.29) is 31.1 Å². The third kappa shape index (κ3) is 57.3. The fraction of sp³-hybridized carbons (Fsp3) is 0.953. The molecular formula is C64H124O6. The fourth-order valence-corrected chi connectivity index (χ4v) is 10.0. The largest absolute Gasteiger partial charge is 0.462 e. The molecule has 0 radical (unpaired) electrons. The van der Waals surface area contributed by atoms with Gasteiger partial charge < -0.3 is 14.2 Å². The molecule has 0 rings (SSSR count). The number of unbranched alkanes of at least 4 members (excludes halogenated alkanes) is 49. The first-order valence-corrected chi connectivity index (χ1v) is 32.0. The Morgan fingerprint density at radius 3 is 0.571 bits per heavy atom. The second kappa shape index (κ2) is 60.0. The monoisotopic (exact) mass is 989 g/mol. The first-order valence-electron chi connectivity index (χ1n) is 32.0. The van der Waals surface area contributed by atoms with Crippen molar-refractivity contribution in [3.63, 3.8) is 0 Å². The van der Waals surface area contributed by atoms with Gasteiger partial charge in [-0.05, 0) is 19.3 Å². The van der Waals surface area contributed by atoms with Crippen LogP contribution in [0.25, 0.3) is 0 Å². The lowest BCUT2D eigenvalue weighted by Gasteiger charge is -2.18. The molecule has 0 fully saturated rings. The van der Waals surface area contributed by atoms with E-state index in [9.17, 15) is 14.4 Å². The van der Waals surface area contributed by atoms with E-state index < -0.39 is 6.10 Å².